The van der Waals surface area contributed by atoms with Crippen molar-refractivity contribution in [3.8, 4) is 0 Å². The Labute approximate surface area is 116 Å². The third-order valence-electron chi connectivity index (χ3n) is 2.37. The van der Waals surface area contributed by atoms with Gasteiger partial charge >= 0.3 is 0 Å². The van der Waals surface area contributed by atoms with E-state index in [1.54, 1.807) is 6.92 Å². The van der Waals surface area contributed by atoms with Gasteiger partial charge in [-0.25, -0.2) is 8.42 Å². The predicted molar refractivity (Wildman–Crippen MR) is 76.6 cm³/mol. The molecule has 0 fully saturated rings. The molecule has 0 aromatic heterocycles. The Bertz CT molecular complexity index is 344. The van der Waals surface area contributed by atoms with Crippen LogP contribution < -0.4 is 11.1 Å². The predicted octanol–water partition coefficient (Wildman–Crippen LogP) is 0.721. The van der Waals surface area contributed by atoms with Gasteiger partial charge in [-0.1, -0.05) is 13.8 Å². The largest absolute Gasteiger partial charge is 0.352 e. The van der Waals surface area contributed by atoms with Crippen molar-refractivity contribution in [1.29, 1.82) is 0 Å². The Morgan fingerprint density at radius 1 is 1.28 bits per heavy atom. The smallest absolute Gasteiger partial charge is 0.237 e. The van der Waals surface area contributed by atoms with Gasteiger partial charge in [-0.2, -0.15) is 0 Å². The van der Waals surface area contributed by atoms with Crippen LogP contribution in [-0.2, 0) is 14.6 Å². The summed E-state index contributed by atoms with van der Waals surface area (Å²) in [4.78, 5) is 11.6. The Kier molecular flexibility index (Phi) is 9.68. The molecule has 0 aliphatic rings. The zero-order valence-electron chi connectivity index (χ0n) is 11.5. The van der Waals surface area contributed by atoms with Gasteiger partial charge in [0.15, 0.2) is 0 Å². The van der Waals surface area contributed by atoms with Crippen LogP contribution in [0, 0.1) is 5.92 Å². The number of hydrogen-bond donors (Lipinski definition) is 2. The molecule has 110 valence electrons. The van der Waals surface area contributed by atoms with Crippen molar-refractivity contribution >= 4 is 28.2 Å². The SMILES string of the molecule is CC(C)C[C@H](N)C(=O)NC(C)CCS(C)(=O)=O.Cl. The van der Waals surface area contributed by atoms with Crippen molar-refractivity contribution in [3.63, 3.8) is 0 Å². The molecule has 0 saturated heterocycles. The minimum atomic E-state index is -2.98. The van der Waals surface area contributed by atoms with Gasteiger partial charge in [0, 0.05) is 12.3 Å². The molecule has 7 heteroatoms. The van der Waals surface area contributed by atoms with E-state index in [1.807, 2.05) is 13.8 Å². The molecule has 0 heterocycles. The van der Waals surface area contributed by atoms with E-state index >= 15 is 0 Å². The molecule has 0 rings (SSSR count). The summed E-state index contributed by atoms with van der Waals surface area (Å²) in [5.74, 6) is 0.232. The van der Waals surface area contributed by atoms with Crippen molar-refractivity contribution in [2.45, 2.75) is 45.7 Å². The van der Waals surface area contributed by atoms with Crippen LogP contribution in [0.5, 0.6) is 0 Å². The standard InChI is InChI=1S/C11H24N2O3S.ClH/c1-8(2)7-10(12)11(14)13-9(3)5-6-17(4,15)16;/h8-10H,5-7,12H2,1-4H3,(H,13,14);1H/t9?,10-;/m0./s1. The highest BCUT2D eigenvalue weighted by Gasteiger charge is 2.17. The molecule has 0 aliphatic carbocycles. The molecule has 1 unspecified atom stereocenters. The average Bonchev–Trinajstić information content (AvgIpc) is 2.12. The van der Waals surface area contributed by atoms with Crippen LogP contribution in [0.2, 0.25) is 0 Å². The summed E-state index contributed by atoms with van der Waals surface area (Å²) >= 11 is 0. The first kappa shape index (κ1) is 20.0. The monoisotopic (exact) mass is 300 g/mol. The van der Waals surface area contributed by atoms with Crippen LogP contribution >= 0.6 is 12.4 Å². The van der Waals surface area contributed by atoms with E-state index < -0.39 is 15.9 Å². The second-order valence-corrected chi connectivity index (χ2v) is 7.32. The summed E-state index contributed by atoms with van der Waals surface area (Å²) in [5, 5.41) is 2.73. The first-order valence-electron chi connectivity index (χ1n) is 5.85. The van der Waals surface area contributed by atoms with Gasteiger partial charge in [0.1, 0.15) is 9.84 Å². The highest BCUT2D eigenvalue weighted by molar-refractivity contribution is 7.90. The maximum Gasteiger partial charge on any atom is 0.237 e. The minimum absolute atomic E-state index is 0. The minimum Gasteiger partial charge on any atom is -0.352 e. The zero-order valence-corrected chi connectivity index (χ0v) is 13.1. The van der Waals surface area contributed by atoms with Gasteiger partial charge in [0.25, 0.3) is 0 Å². The quantitative estimate of drug-likeness (QED) is 0.725. The second kappa shape index (κ2) is 8.72. The van der Waals surface area contributed by atoms with E-state index in [0.717, 1.165) is 0 Å². The van der Waals surface area contributed by atoms with Crippen molar-refractivity contribution in [2.75, 3.05) is 12.0 Å². The number of nitrogens with one attached hydrogen (secondary N) is 1. The summed E-state index contributed by atoms with van der Waals surface area (Å²) in [6.45, 7) is 5.78. The first-order chi connectivity index (χ1) is 7.61. The molecule has 0 aromatic rings. The van der Waals surface area contributed by atoms with Crippen molar-refractivity contribution in [2.24, 2.45) is 11.7 Å². The number of sulfone groups is 1. The van der Waals surface area contributed by atoms with Gasteiger partial charge in [0.05, 0.1) is 11.8 Å². The van der Waals surface area contributed by atoms with Gasteiger partial charge in [-0.15, -0.1) is 12.4 Å². The third-order valence-corrected chi connectivity index (χ3v) is 3.35. The first-order valence-corrected chi connectivity index (χ1v) is 7.91. The molecular weight excluding hydrogens is 276 g/mol. The van der Waals surface area contributed by atoms with E-state index in [2.05, 4.69) is 5.32 Å². The zero-order chi connectivity index (χ0) is 13.6. The van der Waals surface area contributed by atoms with E-state index in [9.17, 15) is 13.2 Å². The molecule has 18 heavy (non-hydrogen) atoms. The van der Waals surface area contributed by atoms with E-state index in [0.29, 0.717) is 18.8 Å². The lowest BCUT2D eigenvalue weighted by molar-refractivity contribution is -0.123. The van der Waals surface area contributed by atoms with Crippen LogP contribution in [0.25, 0.3) is 0 Å². The summed E-state index contributed by atoms with van der Waals surface area (Å²) in [6.07, 6.45) is 2.23. The molecule has 0 aliphatic heterocycles. The van der Waals surface area contributed by atoms with Gasteiger partial charge in [-0.05, 0) is 25.7 Å². The molecular formula is C11H25ClN2O3S. The van der Waals surface area contributed by atoms with Crippen LogP contribution in [0.4, 0.5) is 0 Å². The fourth-order valence-electron chi connectivity index (χ4n) is 1.43. The molecule has 1 amide bonds. The third kappa shape index (κ3) is 10.8. The van der Waals surface area contributed by atoms with E-state index in [4.69, 9.17) is 5.73 Å². The second-order valence-electron chi connectivity index (χ2n) is 5.06. The highest BCUT2D eigenvalue weighted by atomic mass is 35.5. The number of rotatable bonds is 7. The van der Waals surface area contributed by atoms with Crippen molar-refractivity contribution in [3.05, 3.63) is 0 Å². The summed E-state index contributed by atoms with van der Waals surface area (Å²) in [6, 6.07) is -0.689. The summed E-state index contributed by atoms with van der Waals surface area (Å²) in [7, 11) is -2.98. The van der Waals surface area contributed by atoms with Crippen LogP contribution in [0.15, 0.2) is 0 Å². The van der Waals surface area contributed by atoms with Crippen molar-refractivity contribution in [1.82, 2.24) is 5.32 Å². The van der Waals surface area contributed by atoms with Crippen molar-refractivity contribution < 1.29 is 13.2 Å². The Balaban J connectivity index is 0. The molecule has 0 aromatic carbocycles. The number of carbonyl (C=O) groups excluding carboxylic acids is 1. The average molecular weight is 301 g/mol. The van der Waals surface area contributed by atoms with Crippen LogP contribution in [0.3, 0.4) is 0 Å². The lowest BCUT2D eigenvalue weighted by Gasteiger charge is -2.18. The number of amides is 1. The fourth-order valence-corrected chi connectivity index (χ4v) is 2.21. The molecule has 0 bridgehead atoms. The lowest BCUT2D eigenvalue weighted by Crippen LogP contribution is -2.45. The Morgan fingerprint density at radius 2 is 1.78 bits per heavy atom. The van der Waals surface area contributed by atoms with Crippen LogP contribution in [-0.4, -0.2) is 38.4 Å². The molecule has 0 spiro atoms. The number of halogens is 1. The van der Waals surface area contributed by atoms with Gasteiger partial charge in [0.2, 0.25) is 5.91 Å². The maximum atomic E-state index is 11.6. The molecule has 2 atom stereocenters. The number of carbonyl (C=O) groups is 1. The topological polar surface area (TPSA) is 89.3 Å². The Morgan fingerprint density at radius 3 is 2.17 bits per heavy atom. The number of nitrogens with two attached hydrogens (primary N) is 1. The molecule has 5 nitrogen and oxygen atoms in total. The Hall–Kier alpha value is -0.330. The molecule has 3 N–H and O–H groups in total. The lowest BCUT2D eigenvalue weighted by atomic mass is 10.0. The van der Waals surface area contributed by atoms with Gasteiger partial charge < -0.3 is 11.1 Å². The van der Waals surface area contributed by atoms with E-state index in [1.165, 1.54) is 6.26 Å². The van der Waals surface area contributed by atoms with Crippen LogP contribution in [0.1, 0.15) is 33.6 Å². The van der Waals surface area contributed by atoms with Gasteiger partial charge in [-0.3, -0.25) is 4.79 Å². The molecule has 0 radical (unpaired) electrons. The summed E-state index contributed by atoms with van der Waals surface area (Å²) < 4.78 is 21.9. The molecule has 0 saturated carbocycles. The number of hydrogen-bond acceptors (Lipinski definition) is 4. The fraction of sp³-hybridized carbons (Fsp3) is 0.909. The summed E-state index contributed by atoms with van der Waals surface area (Å²) in [5.41, 5.74) is 5.72. The normalized spacial score (nSPS) is 14.8. The highest BCUT2D eigenvalue weighted by Crippen LogP contribution is 2.03. The van der Waals surface area contributed by atoms with E-state index in [-0.39, 0.29) is 30.1 Å². The maximum absolute atomic E-state index is 11.6.